The van der Waals surface area contributed by atoms with Crippen molar-refractivity contribution in [2.45, 2.75) is 69.2 Å². The molecule has 3 aliphatic rings. The van der Waals surface area contributed by atoms with Crippen LogP contribution in [0, 0.1) is 11.2 Å². The molecule has 5 heterocycles. The average Bonchev–Trinajstić information content (AvgIpc) is 3.07. The predicted octanol–water partition coefficient (Wildman–Crippen LogP) is 2.73. The van der Waals surface area contributed by atoms with E-state index >= 15 is 0 Å². The number of amides is 1. The van der Waals surface area contributed by atoms with Gasteiger partial charge < -0.3 is 28.9 Å². The fourth-order valence-corrected chi connectivity index (χ4v) is 8.51. The number of aliphatic hydroxyl groups is 1. The molecule has 2 atom stereocenters. The van der Waals surface area contributed by atoms with Gasteiger partial charge in [0.05, 0.1) is 29.8 Å². The van der Waals surface area contributed by atoms with E-state index < -0.39 is 27.7 Å². The molecule has 1 amide bonds. The van der Waals surface area contributed by atoms with Crippen LogP contribution in [-0.2, 0) is 21.8 Å². The number of rotatable bonds is 11. The highest BCUT2D eigenvalue weighted by atomic mass is 32.2. The molecule has 1 aromatic carbocycles. The lowest BCUT2D eigenvalue weighted by molar-refractivity contribution is -0.239. The Morgan fingerprint density at radius 2 is 1.92 bits per heavy atom. The third-order valence-electron chi connectivity index (χ3n) is 10.1. The number of pyridine rings is 1. The van der Waals surface area contributed by atoms with Crippen LogP contribution in [0.3, 0.4) is 0 Å². The van der Waals surface area contributed by atoms with Gasteiger partial charge in [-0.15, -0.1) is 0 Å². The standard InChI is InChI=1S/C35H46FN7O7S/c1-5-43(24(2)3)33(45)28-16-25(36)6-8-29(28)50-30-17-37-23-38-32(30)42-20-34(21-42)12-14-41(15-13-34)22-35(46)11-10-26(19-49-35)39-51(47,48)27-7-9-31(44)40(4)18-27/h6-9,16-18,23-24,26,39,46H,5,10-15,19-22H2,1-4H3/t26-,35-/m1/s1. The molecule has 0 bridgehead atoms. The summed E-state index contributed by atoms with van der Waals surface area (Å²) in [5, 5.41) is 11.2. The fourth-order valence-electron chi connectivity index (χ4n) is 7.20. The van der Waals surface area contributed by atoms with Gasteiger partial charge in [0.15, 0.2) is 17.4 Å². The quantitative estimate of drug-likeness (QED) is 0.299. The molecule has 0 unspecified atom stereocenters. The lowest BCUT2D eigenvalue weighted by Crippen LogP contribution is -2.62. The molecule has 16 heteroatoms. The van der Waals surface area contributed by atoms with Crippen LogP contribution in [0.2, 0.25) is 0 Å². The van der Waals surface area contributed by atoms with Crippen LogP contribution < -0.4 is 19.9 Å². The summed E-state index contributed by atoms with van der Waals surface area (Å²) in [7, 11) is -2.37. The van der Waals surface area contributed by atoms with Crippen molar-refractivity contribution in [3.05, 3.63) is 70.8 Å². The number of sulfonamides is 1. The Morgan fingerprint density at radius 1 is 1.18 bits per heavy atom. The van der Waals surface area contributed by atoms with E-state index in [0.29, 0.717) is 31.1 Å². The largest absolute Gasteiger partial charge is 0.451 e. The highest BCUT2D eigenvalue weighted by Crippen LogP contribution is 2.45. The molecule has 0 radical (unpaired) electrons. The summed E-state index contributed by atoms with van der Waals surface area (Å²) in [4.78, 5) is 39.6. The highest BCUT2D eigenvalue weighted by Gasteiger charge is 2.47. The molecular formula is C35H46FN7O7S. The van der Waals surface area contributed by atoms with Gasteiger partial charge in [0.1, 0.15) is 17.9 Å². The number of piperidine rings is 1. The molecule has 3 saturated heterocycles. The van der Waals surface area contributed by atoms with Crippen molar-refractivity contribution in [2.24, 2.45) is 12.5 Å². The van der Waals surface area contributed by atoms with E-state index in [1.165, 1.54) is 54.5 Å². The summed E-state index contributed by atoms with van der Waals surface area (Å²) in [6.45, 7) is 9.53. The van der Waals surface area contributed by atoms with Gasteiger partial charge in [-0.05, 0) is 77.4 Å². The molecule has 1 spiro atoms. The van der Waals surface area contributed by atoms with Crippen LogP contribution in [0.4, 0.5) is 10.2 Å². The van der Waals surface area contributed by atoms with Crippen LogP contribution in [0.15, 0.2) is 58.7 Å². The van der Waals surface area contributed by atoms with E-state index in [4.69, 9.17) is 9.47 Å². The molecule has 51 heavy (non-hydrogen) atoms. The number of benzene rings is 1. The van der Waals surface area contributed by atoms with Crippen molar-refractivity contribution in [1.29, 1.82) is 0 Å². The zero-order chi connectivity index (χ0) is 36.6. The number of nitrogens with zero attached hydrogens (tertiary/aromatic N) is 6. The van der Waals surface area contributed by atoms with E-state index in [0.717, 1.165) is 39.0 Å². The third-order valence-corrected chi connectivity index (χ3v) is 11.6. The molecule has 14 nitrogen and oxygen atoms in total. The first-order valence-corrected chi connectivity index (χ1v) is 18.8. The van der Waals surface area contributed by atoms with Crippen molar-refractivity contribution in [3.8, 4) is 11.5 Å². The van der Waals surface area contributed by atoms with E-state index in [1.54, 1.807) is 11.1 Å². The summed E-state index contributed by atoms with van der Waals surface area (Å²) < 4.78 is 55.9. The minimum atomic E-state index is -3.86. The number of anilines is 1. The average molecular weight is 728 g/mol. The van der Waals surface area contributed by atoms with Crippen LogP contribution in [0.1, 0.15) is 56.8 Å². The molecule has 2 aromatic heterocycles. The van der Waals surface area contributed by atoms with Crippen molar-refractivity contribution in [3.63, 3.8) is 0 Å². The molecule has 0 saturated carbocycles. The SMILES string of the molecule is CCN(C(=O)c1cc(F)ccc1Oc1cncnc1N1CC2(CCN(C[C@@]3(O)CC[C@@H](NS(=O)(=O)c4ccc(=O)n(C)c4)CO3)CC2)C1)C(C)C. The van der Waals surface area contributed by atoms with Gasteiger partial charge in [-0.1, -0.05) is 0 Å². The second kappa shape index (κ2) is 14.6. The van der Waals surface area contributed by atoms with E-state index in [-0.39, 0.29) is 52.2 Å². The van der Waals surface area contributed by atoms with Crippen molar-refractivity contribution >= 4 is 21.7 Å². The number of β-amino-alcohol motifs (C(OH)–C–C–N with tert-alkyl or cyclic N) is 1. The van der Waals surface area contributed by atoms with E-state index in [2.05, 4.69) is 24.5 Å². The Labute approximate surface area is 297 Å². The van der Waals surface area contributed by atoms with E-state index in [1.807, 2.05) is 20.8 Å². The van der Waals surface area contributed by atoms with Crippen LogP contribution in [0.5, 0.6) is 11.5 Å². The Kier molecular flexibility index (Phi) is 10.5. The molecule has 0 aliphatic carbocycles. The number of ether oxygens (including phenoxy) is 2. The van der Waals surface area contributed by atoms with Crippen LogP contribution in [0.25, 0.3) is 0 Å². The maximum absolute atomic E-state index is 14.3. The molecule has 2 N–H and O–H groups in total. The molecule has 3 fully saturated rings. The maximum Gasteiger partial charge on any atom is 0.257 e. The number of nitrogens with one attached hydrogen (secondary N) is 1. The normalized spacial score (nSPS) is 22.2. The van der Waals surface area contributed by atoms with E-state index in [9.17, 15) is 27.5 Å². The van der Waals surface area contributed by atoms with Gasteiger partial charge in [0.25, 0.3) is 5.91 Å². The third kappa shape index (κ3) is 8.09. The molecule has 6 rings (SSSR count). The zero-order valence-corrected chi connectivity index (χ0v) is 30.2. The molecule has 276 valence electrons. The first-order chi connectivity index (χ1) is 24.2. The zero-order valence-electron chi connectivity index (χ0n) is 29.4. The molecular weight excluding hydrogens is 681 g/mol. The van der Waals surface area contributed by atoms with Crippen molar-refractivity contribution < 1.29 is 32.2 Å². The second-order valence-electron chi connectivity index (χ2n) is 14.2. The van der Waals surface area contributed by atoms with Gasteiger partial charge in [-0.2, -0.15) is 0 Å². The van der Waals surface area contributed by atoms with Gasteiger partial charge in [0.2, 0.25) is 15.6 Å². The number of aromatic nitrogens is 3. The van der Waals surface area contributed by atoms with Gasteiger partial charge in [0, 0.05) is 62.9 Å². The Hall–Kier alpha value is -3.96. The number of carbonyl (C=O) groups excluding carboxylic acids is 1. The fraction of sp³-hybridized carbons (Fsp3) is 0.543. The smallest absolute Gasteiger partial charge is 0.257 e. The second-order valence-corrected chi connectivity index (χ2v) is 15.9. The predicted molar refractivity (Wildman–Crippen MR) is 187 cm³/mol. The monoisotopic (exact) mass is 727 g/mol. The van der Waals surface area contributed by atoms with Crippen molar-refractivity contribution in [1.82, 2.24) is 29.1 Å². The first-order valence-electron chi connectivity index (χ1n) is 17.3. The Bertz CT molecular complexity index is 1900. The summed E-state index contributed by atoms with van der Waals surface area (Å²) in [5.41, 5.74) is -0.107. The number of likely N-dealkylation sites (tertiary alicyclic amines) is 1. The number of hydrogen-bond acceptors (Lipinski definition) is 11. The summed E-state index contributed by atoms with van der Waals surface area (Å²) in [6.07, 6.45) is 6.77. The van der Waals surface area contributed by atoms with Gasteiger partial charge >= 0.3 is 0 Å². The molecule has 3 aliphatic heterocycles. The Morgan fingerprint density at radius 3 is 2.57 bits per heavy atom. The van der Waals surface area contributed by atoms with Gasteiger partial charge in [-0.3, -0.25) is 14.5 Å². The number of halogens is 1. The topological polar surface area (TPSA) is 159 Å². The first kappa shape index (κ1) is 36.8. The lowest BCUT2D eigenvalue weighted by atomic mass is 9.72. The summed E-state index contributed by atoms with van der Waals surface area (Å²) in [5.74, 6) is -1.02. The number of hydrogen-bond donors (Lipinski definition) is 2. The number of aryl methyl sites for hydroxylation is 1. The maximum atomic E-state index is 14.3. The summed E-state index contributed by atoms with van der Waals surface area (Å²) in [6, 6.07) is 5.83. The lowest BCUT2D eigenvalue weighted by Gasteiger charge is -2.55. The summed E-state index contributed by atoms with van der Waals surface area (Å²) >= 11 is 0. The minimum Gasteiger partial charge on any atom is -0.451 e. The Balaban J connectivity index is 1.02. The van der Waals surface area contributed by atoms with Gasteiger partial charge in [-0.25, -0.2) is 27.5 Å². The number of carbonyl (C=O) groups is 1. The van der Waals surface area contributed by atoms with Crippen LogP contribution >= 0.6 is 0 Å². The van der Waals surface area contributed by atoms with Crippen LogP contribution in [-0.4, -0.2) is 108 Å². The van der Waals surface area contributed by atoms with Crippen molar-refractivity contribution in [2.75, 3.05) is 50.8 Å². The highest BCUT2D eigenvalue weighted by molar-refractivity contribution is 7.89. The minimum absolute atomic E-state index is 0.00947. The molecule has 3 aromatic rings.